The van der Waals surface area contributed by atoms with Crippen molar-refractivity contribution in [3.63, 3.8) is 0 Å². The highest BCUT2D eigenvalue weighted by Crippen LogP contribution is 2.24. The summed E-state index contributed by atoms with van der Waals surface area (Å²) in [6.07, 6.45) is 0. The van der Waals surface area contributed by atoms with Gasteiger partial charge in [-0.25, -0.2) is 0 Å². The Labute approximate surface area is 124 Å². The summed E-state index contributed by atoms with van der Waals surface area (Å²) < 4.78 is 5.21. The predicted molar refractivity (Wildman–Crippen MR) is 85.6 cm³/mol. The molecule has 106 valence electrons. The number of hydrogen-bond acceptors (Lipinski definition) is 3. The van der Waals surface area contributed by atoms with Gasteiger partial charge in [0.2, 0.25) is 0 Å². The van der Waals surface area contributed by atoms with E-state index in [1.807, 2.05) is 37.4 Å². The molecule has 3 nitrogen and oxygen atoms in total. The molecule has 0 radical (unpaired) electrons. The van der Waals surface area contributed by atoms with Gasteiger partial charge < -0.3 is 10.1 Å². The molecular formula is C18H18N2O. The van der Waals surface area contributed by atoms with Gasteiger partial charge >= 0.3 is 0 Å². The monoisotopic (exact) mass is 278 g/mol. The Morgan fingerprint density at radius 1 is 0.952 bits per heavy atom. The summed E-state index contributed by atoms with van der Waals surface area (Å²) in [4.78, 5) is 4.77. The van der Waals surface area contributed by atoms with Crippen LogP contribution in [0.25, 0.3) is 10.9 Å². The third-order valence-electron chi connectivity index (χ3n) is 3.65. The molecule has 1 atom stereocenters. The fraction of sp³-hybridized carbons (Fsp3) is 0.167. The number of nitrogens with one attached hydrogen (secondary N) is 1. The lowest BCUT2D eigenvalue weighted by atomic mass is 10.0. The van der Waals surface area contributed by atoms with Crippen molar-refractivity contribution in [2.75, 3.05) is 14.2 Å². The first-order valence-electron chi connectivity index (χ1n) is 6.99. The second-order valence-electron chi connectivity index (χ2n) is 4.92. The van der Waals surface area contributed by atoms with Crippen LogP contribution in [-0.4, -0.2) is 19.1 Å². The van der Waals surface area contributed by atoms with Crippen LogP contribution in [0.5, 0.6) is 5.75 Å². The maximum Gasteiger partial charge on any atom is 0.118 e. The molecule has 0 aliphatic heterocycles. The average Bonchev–Trinajstić information content (AvgIpc) is 2.56. The molecule has 0 spiro atoms. The first kappa shape index (κ1) is 13.6. The number of rotatable bonds is 4. The van der Waals surface area contributed by atoms with Crippen LogP contribution in [0.1, 0.15) is 17.3 Å². The van der Waals surface area contributed by atoms with Crippen molar-refractivity contribution in [3.8, 4) is 5.75 Å². The maximum atomic E-state index is 5.21. The molecule has 0 aliphatic rings. The van der Waals surface area contributed by atoms with Gasteiger partial charge in [-0.2, -0.15) is 0 Å². The number of ether oxygens (including phenoxy) is 1. The van der Waals surface area contributed by atoms with E-state index in [1.165, 1.54) is 5.56 Å². The van der Waals surface area contributed by atoms with E-state index in [4.69, 9.17) is 9.72 Å². The Morgan fingerprint density at radius 3 is 2.43 bits per heavy atom. The van der Waals surface area contributed by atoms with E-state index in [0.717, 1.165) is 22.3 Å². The highest BCUT2D eigenvalue weighted by Gasteiger charge is 2.13. The van der Waals surface area contributed by atoms with Crippen LogP contribution in [0, 0.1) is 0 Å². The van der Waals surface area contributed by atoms with E-state index in [0.29, 0.717) is 0 Å². The molecular weight excluding hydrogens is 260 g/mol. The number of para-hydroxylation sites is 1. The van der Waals surface area contributed by atoms with Crippen LogP contribution in [0.15, 0.2) is 60.7 Å². The highest BCUT2D eigenvalue weighted by atomic mass is 16.5. The first-order chi connectivity index (χ1) is 10.3. The molecule has 3 heteroatoms. The summed E-state index contributed by atoms with van der Waals surface area (Å²) >= 11 is 0. The van der Waals surface area contributed by atoms with E-state index in [-0.39, 0.29) is 6.04 Å². The van der Waals surface area contributed by atoms with E-state index in [9.17, 15) is 0 Å². The summed E-state index contributed by atoms with van der Waals surface area (Å²) in [6.45, 7) is 0. The molecule has 3 aromatic rings. The average molecular weight is 278 g/mol. The fourth-order valence-electron chi connectivity index (χ4n) is 2.52. The van der Waals surface area contributed by atoms with Gasteiger partial charge in [0, 0.05) is 5.39 Å². The molecule has 1 heterocycles. The zero-order chi connectivity index (χ0) is 14.7. The molecule has 2 aromatic carbocycles. The Bertz CT molecular complexity index is 738. The molecule has 0 bridgehead atoms. The SMILES string of the molecule is CNC(c1ccc(OC)cc1)c1ccc2ccccc2n1. The van der Waals surface area contributed by atoms with Crippen molar-refractivity contribution in [1.29, 1.82) is 0 Å². The van der Waals surface area contributed by atoms with Gasteiger partial charge in [-0.15, -0.1) is 0 Å². The largest absolute Gasteiger partial charge is 0.497 e. The number of hydrogen-bond donors (Lipinski definition) is 1. The van der Waals surface area contributed by atoms with Gasteiger partial charge in [0.15, 0.2) is 0 Å². The summed E-state index contributed by atoms with van der Waals surface area (Å²) in [5.74, 6) is 0.861. The summed E-state index contributed by atoms with van der Waals surface area (Å²) in [7, 11) is 3.63. The molecule has 0 aliphatic carbocycles. The standard InChI is InChI=1S/C18H18N2O/c1-19-18(14-7-10-15(21-2)11-8-14)17-12-9-13-5-3-4-6-16(13)20-17/h3-12,18-19H,1-2H3. The van der Waals surface area contributed by atoms with E-state index >= 15 is 0 Å². The lowest BCUT2D eigenvalue weighted by Gasteiger charge is -2.17. The van der Waals surface area contributed by atoms with Crippen molar-refractivity contribution in [3.05, 3.63) is 71.9 Å². The number of fused-ring (bicyclic) bond motifs is 1. The molecule has 3 rings (SSSR count). The van der Waals surface area contributed by atoms with E-state index in [1.54, 1.807) is 7.11 Å². The normalized spacial score (nSPS) is 12.3. The first-order valence-corrected chi connectivity index (χ1v) is 6.99. The molecule has 0 amide bonds. The van der Waals surface area contributed by atoms with Gasteiger partial charge in [0.1, 0.15) is 5.75 Å². The van der Waals surface area contributed by atoms with E-state index in [2.05, 4.69) is 35.6 Å². The summed E-state index contributed by atoms with van der Waals surface area (Å²) in [5, 5.41) is 4.49. The number of methoxy groups -OCH3 is 1. The smallest absolute Gasteiger partial charge is 0.118 e. The van der Waals surface area contributed by atoms with Crippen LogP contribution in [0.3, 0.4) is 0 Å². The summed E-state index contributed by atoms with van der Waals surface area (Å²) in [5.41, 5.74) is 3.20. The van der Waals surface area contributed by atoms with Gasteiger partial charge in [-0.1, -0.05) is 36.4 Å². The Balaban J connectivity index is 2.00. The lowest BCUT2D eigenvalue weighted by molar-refractivity contribution is 0.414. The number of pyridine rings is 1. The van der Waals surface area contributed by atoms with Crippen LogP contribution in [0.2, 0.25) is 0 Å². The third kappa shape index (κ3) is 2.73. The van der Waals surface area contributed by atoms with Crippen molar-refractivity contribution in [2.45, 2.75) is 6.04 Å². The zero-order valence-corrected chi connectivity index (χ0v) is 12.2. The van der Waals surface area contributed by atoms with Crippen molar-refractivity contribution in [2.24, 2.45) is 0 Å². The third-order valence-corrected chi connectivity index (χ3v) is 3.65. The van der Waals surface area contributed by atoms with Gasteiger partial charge in [0.05, 0.1) is 24.4 Å². The minimum absolute atomic E-state index is 0.0699. The molecule has 21 heavy (non-hydrogen) atoms. The summed E-state index contributed by atoms with van der Waals surface area (Å²) in [6, 6.07) is 20.5. The second kappa shape index (κ2) is 5.94. The van der Waals surface area contributed by atoms with Crippen LogP contribution < -0.4 is 10.1 Å². The highest BCUT2D eigenvalue weighted by molar-refractivity contribution is 5.78. The van der Waals surface area contributed by atoms with Crippen LogP contribution in [-0.2, 0) is 0 Å². The van der Waals surface area contributed by atoms with Crippen molar-refractivity contribution in [1.82, 2.24) is 10.3 Å². The second-order valence-corrected chi connectivity index (χ2v) is 4.92. The molecule has 0 saturated carbocycles. The molecule has 0 saturated heterocycles. The van der Waals surface area contributed by atoms with Crippen LogP contribution >= 0.6 is 0 Å². The van der Waals surface area contributed by atoms with Crippen molar-refractivity contribution < 1.29 is 4.74 Å². The topological polar surface area (TPSA) is 34.1 Å². The molecule has 1 unspecified atom stereocenters. The van der Waals surface area contributed by atoms with E-state index < -0.39 is 0 Å². The predicted octanol–water partition coefficient (Wildman–Crippen LogP) is 3.55. The quantitative estimate of drug-likeness (QED) is 0.792. The Morgan fingerprint density at radius 2 is 1.71 bits per heavy atom. The maximum absolute atomic E-state index is 5.21. The lowest BCUT2D eigenvalue weighted by Crippen LogP contribution is -2.18. The minimum atomic E-state index is 0.0699. The van der Waals surface area contributed by atoms with Gasteiger partial charge in [-0.3, -0.25) is 4.98 Å². The fourth-order valence-corrected chi connectivity index (χ4v) is 2.52. The Kier molecular flexibility index (Phi) is 3.84. The molecule has 1 aromatic heterocycles. The van der Waals surface area contributed by atoms with Crippen LogP contribution in [0.4, 0.5) is 0 Å². The Hall–Kier alpha value is -2.39. The van der Waals surface area contributed by atoms with Gasteiger partial charge in [0.25, 0.3) is 0 Å². The molecule has 1 N–H and O–H groups in total. The number of aromatic nitrogens is 1. The van der Waals surface area contributed by atoms with Gasteiger partial charge in [-0.05, 0) is 36.9 Å². The van der Waals surface area contributed by atoms with Crippen molar-refractivity contribution >= 4 is 10.9 Å². The molecule has 0 fully saturated rings. The number of nitrogens with zero attached hydrogens (tertiary/aromatic N) is 1. The zero-order valence-electron chi connectivity index (χ0n) is 12.2. The number of benzene rings is 2. The minimum Gasteiger partial charge on any atom is -0.497 e.